The second-order valence-corrected chi connectivity index (χ2v) is 8.19. The number of likely N-dealkylation sites (tertiary alicyclic amines) is 1. The van der Waals surface area contributed by atoms with Crippen molar-refractivity contribution in [1.29, 1.82) is 0 Å². The van der Waals surface area contributed by atoms with E-state index in [1.54, 1.807) is 12.1 Å². The Balaban J connectivity index is 1.48. The van der Waals surface area contributed by atoms with Gasteiger partial charge in [-0.15, -0.1) is 0 Å². The van der Waals surface area contributed by atoms with Crippen LogP contribution in [0.2, 0.25) is 0 Å². The summed E-state index contributed by atoms with van der Waals surface area (Å²) in [5.41, 5.74) is 2.59. The quantitative estimate of drug-likeness (QED) is 0.636. The van der Waals surface area contributed by atoms with Crippen LogP contribution in [0.1, 0.15) is 49.7 Å². The van der Waals surface area contributed by atoms with E-state index in [-0.39, 0.29) is 11.2 Å². The highest BCUT2D eigenvalue weighted by Crippen LogP contribution is 2.44. The molecular formula is C22H30FN5. The first-order chi connectivity index (χ1) is 13.6. The van der Waals surface area contributed by atoms with Crippen LogP contribution < -0.4 is 5.32 Å². The van der Waals surface area contributed by atoms with Crippen molar-refractivity contribution in [2.24, 2.45) is 12.0 Å². The molecule has 0 spiro atoms. The van der Waals surface area contributed by atoms with E-state index in [1.165, 1.54) is 17.5 Å². The van der Waals surface area contributed by atoms with Crippen LogP contribution >= 0.6 is 0 Å². The van der Waals surface area contributed by atoms with E-state index in [4.69, 9.17) is 4.99 Å². The lowest BCUT2D eigenvalue weighted by Gasteiger charge is -2.41. The molecule has 0 radical (unpaired) electrons. The molecule has 150 valence electrons. The van der Waals surface area contributed by atoms with Crippen molar-refractivity contribution in [3.8, 4) is 0 Å². The first-order valence-electron chi connectivity index (χ1n) is 10.4. The highest BCUT2D eigenvalue weighted by atomic mass is 19.1. The number of nitrogens with one attached hydrogen (secondary N) is 1. The number of aryl methyl sites for hydroxylation is 1. The number of halogens is 1. The average Bonchev–Trinajstić information content (AvgIpc) is 3.30. The number of guanidine groups is 1. The van der Waals surface area contributed by atoms with Crippen molar-refractivity contribution < 1.29 is 4.39 Å². The molecule has 6 heteroatoms. The molecule has 2 heterocycles. The van der Waals surface area contributed by atoms with Gasteiger partial charge < -0.3 is 10.2 Å². The summed E-state index contributed by atoms with van der Waals surface area (Å²) in [6.45, 7) is 5.71. The lowest BCUT2D eigenvalue weighted by atomic mass is 9.64. The van der Waals surface area contributed by atoms with Gasteiger partial charge in [0.15, 0.2) is 5.96 Å². The summed E-state index contributed by atoms with van der Waals surface area (Å²) < 4.78 is 15.2. The van der Waals surface area contributed by atoms with Gasteiger partial charge in [-0.25, -0.2) is 4.39 Å². The molecule has 1 saturated heterocycles. The fourth-order valence-electron chi connectivity index (χ4n) is 4.47. The van der Waals surface area contributed by atoms with Crippen LogP contribution in [0.25, 0.3) is 0 Å². The van der Waals surface area contributed by atoms with Gasteiger partial charge in [-0.2, -0.15) is 5.10 Å². The Kier molecular flexibility index (Phi) is 5.38. The summed E-state index contributed by atoms with van der Waals surface area (Å²) >= 11 is 0. The molecule has 1 unspecified atom stereocenters. The van der Waals surface area contributed by atoms with E-state index in [1.807, 2.05) is 30.1 Å². The number of hydrogen-bond donors (Lipinski definition) is 1. The SMILES string of the molecule is CCNC(=NCC1(c2ccc(F)cc2)CCC1)N1CCC(c2cnn(C)c2)C1. The maximum Gasteiger partial charge on any atom is 0.193 e. The third-order valence-electron chi connectivity index (χ3n) is 6.32. The van der Waals surface area contributed by atoms with Crippen molar-refractivity contribution in [1.82, 2.24) is 20.0 Å². The molecule has 0 amide bonds. The van der Waals surface area contributed by atoms with Crippen LogP contribution in [0.4, 0.5) is 4.39 Å². The number of hydrogen-bond acceptors (Lipinski definition) is 2. The Morgan fingerprint density at radius 3 is 2.71 bits per heavy atom. The molecule has 4 rings (SSSR count). The molecule has 0 bridgehead atoms. The number of nitrogens with zero attached hydrogens (tertiary/aromatic N) is 4. The van der Waals surface area contributed by atoms with Gasteiger partial charge in [0, 0.05) is 44.2 Å². The van der Waals surface area contributed by atoms with E-state index >= 15 is 0 Å². The molecule has 1 aromatic carbocycles. The summed E-state index contributed by atoms with van der Waals surface area (Å²) in [6.07, 6.45) is 8.70. The Bertz CT molecular complexity index is 822. The smallest absolute Gasteiger partial charge is 0.193 e. The van der Waals surface area contributed by atoms with Gasteiger partial charge in [-0.05, 0) is 49.4 Å². The second-order valence-electron chi connectivity index (χ2n) is 8.19. The number of aliphatic imine (C=N–C) groups is 1. The summed E-state index contributed by atoms with van der Waals surface area (Å²) in [4.78, 5) is 7.41. The van der Waals surface area contributed by atoms with E-state index in [2.05, 4.69) is 28.4 Å². The van der Waals surface area contributed by atoms with Gasteiger partial charge in [0.2, 0.25) is 0 Å². The zero-order valence-corrected chi connectivity index (χ0v) is 16.9. The molecule has 28 heavy (non-hydrogen) atoms. The minimum atomic E-state index is -0.173. The Labute approximate surface area is 166 Å². The summed E-state index contributed by atoms with van der Waals surface area (Å²) in [5.74, 6) is 1.34. The summed E-state index contributed by atoms with van der Waals surface area (Å²) in [5, 5.41) is 7.80. The zero-order valence-electron chi connectivity index (χ0n) is 16.9. The third-order valence-corrected chi connectivity index (χ3v) is 6.32. The lowest BCUT2D eigenvalue weighted by molar-refractivity contribution is 0.252. The predicted molar refractivity (Wildman–Crippen MR) is 110 cm³/mol. The Hall–Kier alpha value is -2.37. The molecule has 5 nitrogen and oxygen atoms in total. The topological polar surface area (TPSA) is 45.5 Å². The average molecular weight is 384 g/mol. The number of rotatable bonds is 5. The zero-order chi connectivity index (χ0) is 19.6. The fraction of sp³-hybridized carbons (Fsp3) is 0.545. The maximum atomic E-state index is 13.3. The van der Waals surface area contributed by atoms with Gasteiger partial charge in [-0.1, -0.05) is 18.6 Å². The largest absolute Gasteiger partial charge is 0.357 e. The third kappa shape index (κ3) is 3.77. The normalized spacial score (nSPS) is 21.6. The molecule has 1 aromatic heterocycles. The molecule has 1 aliphatic heterocycles. The highest BCUT2D eigenvalue weighted by Gasteiger charge is 2.39. The minimum absolute atomic E-state index is 0.0663. The molecule has 1 saturated carbocycles. The van der Waals surface area contributed by atoms with Gasteiger partial charge >= 0.3 is 0 Å². The van der Waals surface area contributed by atoms with Gasteiger partial charge in [0.1, 0.15) is 5.82 Å². The first kappa shape index (κ1) is 19.0. The van der Waals surface area contributed by atoms with Crippen LogP contribution in [-0.2, 0) is 12.5 Å². The van der Waals surface area contributed by atoms with Gasteiger partial charge in [0.25, 0.3) is 0 Å². The summed E-state index contributed by atoms with van der Waals surface area (Å²) in [6, 6.07) is 7.02. The van der Waals surface area contributed by atoms with E-state index in [0.717, 1.165) is 51.4 Å². The maximum absolute atomic E-state index is 13.3. The predicted octanol–water partition coefficient (Wildman–Crippen LogP) is 3.44. The second kappa shape index (κ2) is 7.94. The van der Waals surface area contributed by atoms with E-state index < -0.39 is 0 Å². The number of aromatic nitrogens is 2. The summed E-state index contributed by atoms with van der Waals surface area (Å²) in [7, 11) is 1.97. The highest BCUT2D eigenvalue weighted by molar-refractivity contribution is 5.80. The van der Waals surface area contributed by atoms with Crippen molar-refractivity contribution >= 4 is 5.96 Å². The van der Waals surface area contributed by atoms with E-state index in [0.29, 0.717) is 5.92 Å². The molecule has 1 aliphatic carbocycles. The van der Waals surface area contributed by atoms with Crippen LogP contribution in [0.15, 0.2) is 41.7 Å². The van der Waals surface area contributed by atoms with Crippen LogP contribution in [0.5, 0.6) is 0 Å². The molecule has 2 aromatic rings. The van der Waals surface area contributed by atoms with Crippen LogP contribution in [-0.4, -0.2) is 46.8 Å². The molecule has 1 atom stereocenters. The van der Waals surface area contributed by atoms with E-state index in [9.17, 15) is 4.39 Å². The molecule has 2 aliphatic rings. The fourth-order valence-corrected chi connectivity index (χ4v) is 4.47. The van der Waals surface area contributed by atoms with Crippen molar-refractivity contribution in [3.05, 3.63) is 53.6 Å². The van der Waals surface area contributed by atoms with Gasteiger partial charge in [0.05, 0.1) is 12.7 Å². The van der Waals surface area contributed by atoms with Crippen LogP contribution in [0.3, 0.4) is 0 Å². The number of benzene rings is 1. The Morgan fingerprint density at radius 2 is 2.11 bits per heavy atom. The van der Waals surface area contributed by atoms with Crippen LogP contribution in [0, 0.1) is 5.82 Å². The van der Waals surface area contributed by atoms with Crippen molar-refractivity contribution in [2.45, 2.75) is 43.9 Å². The van der Waals surface area contributed by atoms with Crippen molar-refractivity contribution in [3.63, 3.8) is 0 Å². The lowest BCUT2D eigenvalue weighted by Crippen LogP contribution is -2.43. The van der Waals surface area contributed by atoms with Gasteiger partial charge in [-0.3, -0.25) is 9.67 Å². The standard InChI is InChI=1S/C22H30FN5/c1-3-24-21(28-12-9-17(15-28)18-13-26-27(2)14-18)25-16-22(10-4-11-22)19-5-7-20(23)8-6-19/h5-8,13-14,17H,3-4,9-12,15-16H2,1-2H3,(H,24,25). The van der Waals surface area contributed by atoms with Crippen molar-refractivity contribution in [2.75, 3.05) is 26.2 Å². The molecule has 2 fully saturated rings. The molecule has 1 N–H and O–H groups in total. The monoisotopic (exact) mass is 383 g/mol. The Morgan fingerprint density at radius 1 is 1.32 bits per heavy atom. The molecular weight excluding hydrogens is 353 g/mol. The first-order valence-corrected chi connectivity index (χ1v) is 10.4. The minimum Gasteiger partial charge on any atom is -0.357 e.